The van der Waals surface area contributed by atoms with Crippen LogP contribution in [0.2, 0.25) is 0 Å². The average molecular weight is 394 g/mol. The maximum Gasteiger partial charge on any atom is 0.272 e. The first-order valence-corrected chi connectivity index (χ1v) is 10.9. The fraction of sp³-hybridized carbons (Fsp3) is 0.522. The summed E-state index contributed by atoms with van der Waals surface area (Å²) in [7, 11) is 0. The molecule has 2 aliphatic heterocycles. The Hall–Kier alpha value is -2.63. The van der Waals surface area contributed by atoms with Gasteiger partial charge >= 0.3 is 0 Å². The molecule has 1 N–H and O–H groups in total. The molecule has 154 valence electrons. The number of aryl methyl sites for hydroxylation is 1. The van der Waals surface area contributed by atoms with Crippen LogP contribution in [0.25, 0.3) is 0 Å². The molecule has 2 aromatic rings. The number of nitrogens with one attached hydrogen (secondary N) is 1. The number of hydrogen-bond donors (Lipinski definition) is 1. The average Bonchev–Trinajstić information content (AvgIpc) is 3.28. The van der Waals surface area contributed by atoms with Gasteiger partial charge in [-0.25, -0.2) is 9.97 Å². The Balaban J connectivity index is 1.50. The van der Waals surface area contributed by atoms with Gasteiger partial charge in [-0.3, -0.25) is 4.79 Å². The summed E-state index contributed by atoms with van der Waals surface area (Å²) in [5, 5.41) is 3.35. The van der Waals surface area contributed by atoms with Crippen LogP contribution in [0, 0.1) is 6.92 Å². The summed E-state index contributed by atoms with van der Waals surface area (Å²) in [5.74, 6) is 1.30. The Morgan fingerprint density at radius 3 is 2.52 bits per heavy atom. The van der Waals surface area contributed by atoms with Gasteiger partial charge in [0.2, 0.25) is 0 Å². The number of rotatable bonds is 5. The zero-order chi connectivity index (χ0) is 20.2. The molecule has 4 rings (SSSR count). The number of carbonyl (C=O) groups excluding carboxylic acids is 1. The zero-order valence-electron chi connectivity index (χ0n) is 17.5. The van der Waals surface area contributed by atoms with Crippen molar-refractivity contribution in [2.45, 2.75) is 58.4 Å². The van der Waals surface area contributed by atoms with Gasteiger partial charge in [0.25, 0.3) is 5.91 Å². The van der Waals surface area contributed by atoms with Crippen LogP contribution in [-0.2, 0) is 0 Å². The predicted molar refractivity (Wildman–Crippen MR) is 117 cm³/mol. The third kappa shape index (κ3) is 4.52. The zero-order valence-corrected chi connectivity index (χ0v) is 17.5. The summed E-state index contributed by atoms with van der Waals surface area (Å²) in [6.45, 7) is 7.09. The van der Waals surface area contributed by atoms with Crippen LogP contribution < -0.4 is 10.2 Å². The number of benzene rings is 1. The van der Waals surface area contributed by atoms with Gasteiger partial charge in [0, 0.05) is 43.1 Å². The smallest absolute Gasteiger partial charge is 0.272 e. The maximum atomic E-state index is 13.1. The lowest BCUT2D eigenvalue weighted by molar-refractivity contribution is 0.0601. The van der Waals surface area contributed by atoms with Crippen molar-refractivity contribution in [1.82, 2.24) is 14.9 Å². The van der Waals surface area contributed by atoms with Crippen molar-refractivity contribution in [2.24, 2.45) is 0 Å². The second-order valence-electron chi connectivity index (χ2n) is 8.11. The Morgan fingerprint density at radius 2 is 1.79 bits per heavy atom. The first kappa shape index (κ1) is 19.7. The van der Waals surface area contributed by atoms with E-state index in [1.165, 1.54) is 24.9 Å². The molecule has 2 fully saturated rings. The highest BCUT2D eigenvalue weighted by Gasteiger charge is 2.27. The highest BCUT2D eigenvalue weighted by molar-refractivity contribution is 5.93. The Morgan fingerprint density at radius 1 is 1.07 bits per heavy atom. The molecule has 0 spiro atoms. The number of nitrogens with zero attached hydrogens (tertiary/aromatic N) is 4. The van der Waals surface area contributed by atoms with Crippen molar-refractivity contribution >= 4 is 23.1 Å². The summed E-state index contributed by atoms with van der Waals surface area (Å²) in [5.41, 5.74) is 2.71. The van der Waals surface area contributed by atoms with Crippen LogP contribution in [0.3, 0.4) is 0 Å². The van der Waals surface area contributed by atoms with E-state index in [1.54, 1.807) is 6.07 Å². The number of piperidine rings is 1. The quantitative estimate of drug-likeness (QED) is 0.808. The van der Waals surface area contributed by atoms with E-state index in [4.69, 9.17) is 0 Å². The van der Waals surface area contributed by atoms with Gasteiger partial charge in [0.1, 0.15) is 17.3 Å². The lowest BCUT2D eigenvalue weighted by atomic mass is 9.99. The maximum absolute atomic E-state index is 13.1. The SMILES string of the molecule is CCC1CCCCN1C(=O)c1cc(Nc2ccc(N3CCCC3)cc2)nc(C)n1. The van der Waals surface area contributed by atoms with Crippen molar-refractivity contribution in [1.29, 1.82) is 0 Å². The molecule has 1 aromatic heterocycles. The normalized spacial score (nSPS) is 19.4. The van der Waals surface area contributed by atoms with Gasteiger partial charge in [-0.1, -0.05) is 6.92 Å². The summed E-state index contributed by atoms with van der Waals surface area (Å²) < 4.78 is 0. The summed E-state index contributed by atoms with van der Waals surface area (Å²) >= 11 is 0. The van der Waals surface area contributed by atoms with Crippen LogP contribution in [0.5, 0.6) is 0 Å². The first-order valence-electron chi connectivity index (χ1n) is 10.9. The second kappa shape index (κ2) is 8.80. The van der Waals surface area contributed by atoms with Crippen LogP contribution in [0.15, 0.2) is 30.3 Å². The van der Waals surface area contributed by atoms with Crippen molar-refractivity contribution in [2.75, 3.05) is 29.9 Å². The van der Waals surface area contributed by atoms with Gasteiger partial charge in [-0.15, -0.1) is 0 Å². The summed E-state index contributed by atoms with van der Waals surface area (Å²) in [6, 6.07) is 10.5. The second-order valence-corrected chi connectivity index (χ2v) is 8.11. The van der Waals surface area contributed by atoms with Gasteiger partial charge in [-0.05, 0) is 69.7 Å². The molecule has 6 heteroatoms. The standard InChI is InChI=1S/C23H31N5O/c1-3-19-8-4-5-15-28(19)23(29)21-16-22(25-17(2)24-21)26-18-9-11-20(12-10-18)27-13-6-7-14-27/h9-12,16,19H,3-8,13-15H2,1-2H3,(H,24,25,26). The van der Waals surface area contributed by atoms with Crippen molar-refractivity contribution in [3.05, 3.63) is 41.9 Å². The third-order valence-corrected chi connectivity index (χ3v) is 6.03. The number of anilines is 3. The van der Waals surface area contributed by atoms with E-state index in [0.717, 1.165) is 44.6 Å². The molecular formula is C23H31N5O. The van der Waals surface area contributed by atoms with Crippen LogP contribution in [-0.4, -0.2) is 46.5 Å². The summed E-state index contributed by atoms with van der Waals surface area (Å²) in [6.07, 6.45) is 6.89. The van der Waals surface area contributed by atoms with Gasteiger partial charge in [-0.2, -0.15) is 0 Å². The van der Waals surface area contributed by atoms with Gasteiger partial charge < -0.3 is 15.1 Å². The van der Waals surface area contributed by atoms with Crippen molar-refractivity contribution in [3.63, 3.8) is 0 Å². The Kier molecular flexibility index (Phi) is 5.97. The first-order chi connectivity index (χ1) is 14.1. The number of aromatic nitrogens is 2. The van der Waals surface area contributed by atoms with E-state index in [2.05, 4.69) is 51.4 Å². The van der Waals surface area contributed by atoms with E-state index in [-0.39, 0.29) is 5.91 Å². The van der Waals surface area contributed by atoms with E-state index in [9.17, 15) is 4.79 Å². The number of hydrogen-bond acceptors (Lipinski definition) is 5. The van der Waals surface area contributed by atoms with Crippen molar-refractivity contribution in [3.8, 4) is 0 Å². The molecule has 1 amide bonds. The molecule has 0 bridgehead atoms. The molecule has 29 heavy (non-hydrogen) atoms. The molecular weight excluding hydrogens is 362 g/mol. The largest absolute Gasteiger partial charge is 0.372 e. The number of carbonyl (C=O) groups is 1. The molecule has 1 aromatic carbocycles. The highest BCUT2D eigenvalue weighted by atomic mass is 16.2. The summed E-state index contributed by atoms with van der Waals surface area (Å²) in [4.78, 5) is 26.5. The fourth-order valence-electron chi connectivity index (χ4n) is 4.46. The predicted octanol–water partition coefficient (Wildman–Crippen LogP) is 4.53. The number of amides is 1. The van der Waals surface area contributed by atoms with E-state index in [1.807, 2.05) is 11.8 Å². The fourth-order valence-corrected chi connectivity index (χ4v) is 4.46. The Bertz CT molecular complexity index is 845. The lowest BCUT2D eigenvalue weighted by Gasteiger charge is -2.35. The molecule has 0 saturated carbocycles. The monoisotopic (exact) mass is 393 g/mol. The van der Waals surface area contributed by atoms with Gasteiger partial charge in [0.15, 0.2) is 0 Å². The molecule has 1 atom stereocenters. The minimum Gasteiger partial charge on any atom is -0.372 e. The lowest BCUT2D eigenvalue weighted by Crippen LogP contribution is -2.43. The molecule has 6 nitrogen and oxygen atoms in total. The molecule has 2 saturated heterocycles. The molecule has 0 aliphatic carbocycles. The minimum absolute atomic E-state index is 0.0227. The van der Waals surface area contributed by atoms with Gasteiger partial charge in [0.05, 0.1) is 0 Å². The third-order valence-electron chi connectivity index (χ3n) is 6.03. The van der Waals surface area contributed by atoms with Crippen LogP contribution >= 0.6 is 0 Å². The Labute approximate surface area is 173 Å². The highest BCUT2D eigenvalue weighted by Crippen LogP contribution is 2.25. The molecule has 1 unspecified atom stereocenters. The minimum atomic E-state index is 0.0227. The van der Waals surface area contributed by atoms with Crippen LogP contribution in [0.1, 0.15) is 61.8 Å². The van der Waals surface area contributed by atoms with E-state index < -0.39 is 0 Å². The number of likely N-dealkylation sites (tertiary alicyclic amines) is 1. The van der Waals surface area contributed by atoms with Crippen LogP contribution in [0.4, 0.5) is 17.2 Å². The molecule has 0 radical (unpaired) electrons. The van der Waals surface area contributed by atoms with Crippen molar-refractivity contribution < 1.29 is 4.79 Å². The molecule has 3 heterocycles. The topological polar surface area (TPSA) is 61.4 Å². The van der Waals surface area contributed by atoms with E-state index in [0.29, 0.717) is 23.4 Å². The van der Waals surface area contributed by atoms with E-state index >= 15 is 0 Å². The molecule has 2 aliphatic rings.